The van der Waals surface area contributed by atoms with Crippen molar-refractivity contribution < 1.29 is 0 Å². The van der Waals surface area contributed by atoms with Crippen LogP contribution in [0.2, 0.25) is 0 Å². The Morgan fingerprint density at radius 1 is 0.321 bits per heavy atom. The fourth-order valence-corrected chi connectivity index (χ4v) is 13.9. The third-order valence-corrected chi connectivity index (χ3v) is 18.0. The molecule has 4 heterocycles. The molecule has 380 valence electrons. The minimum absolute atomic E-state index is 0.0159. The van der Waals surface area contributed by atoms with Crippen molar-refractivity contribution >= 4 is 127 Å². The molecule has 0 bridgehead atoms. The summed E-state index contributed by atoms with van der Waals surface area (Å²) in [4.78, 5) is 2.47. The van der Waals surface area contributed by atoms with Crippen LogP contribution in [0, 0.1) is 0 Å². The summed E-state index contributed by atoms with van der Waals surface area (Å²) in [5, 5.41) is 15.7. The molecule has 4 heteroatoms. The molecule has 0 aliphatic carbocycles. The second-order valence-electron chi connectivity index (χ2n) is 27.0. The first-order valence-electron chi connectivity index (χ1n) is 28.3. The molecule has 0 unspecified atom stereocenters. The lowest BCUT2D eigenvalue weighted by atomic mass is 9.34. The Bertz CT molecular complexity index is 4460. The minimum atomic E-state index is -0.0764. The van der Waals surface area contributed by atoms with E-state index in [9.17, 15) is 0 Å². The number of rotatable bonds is 3. The second kappa shape index (κ2) is 15.8. The lowest BCUT2D eigenvalue weighted by molar-refractivity contribution is 0.591. The molecule has 2 aliphatic rings. The number of hydrogen-bond donors (Lipinski definition) is 0. The molecule has 0 N–H and O–H groups in total. The Kier molecular flexibility index (Phi) is 9.55. The van der Waals surface area contributed by atoms with Crippen LogP contribution in [0.1, 0.15) is 105 Å². The maximum absolute atomic E-state index is 2.69. The zero-order valence-electron chi connectivity index (χ0n) is 47.2. The van der Waals surface area contributed by atoms with E-state index in [0.717, 1.165) is 17.1 Å². The van der Waals surface area contributed by atoms with Crippen molar-refractivity contribution in [3.05, 3.63) is 204 Å². The first-order chi connectivity index (χ1) is 37.2. The highest BCUT2D eigenvalue weighted by molar-refractivity contribution is 7.00. The van der Waals surface area contributed by atoms with Crippen LogP contribution < -0.4 is 21.3 Å². The quantitative estimate of drug-likeness (QED) is 0.161. The van der Waals surface area contributed by atoms with Crippen LogP contribution in [0.4, 0.5) is 17.1 Å². The monoisotopic (exact) mass is 1010 g/mol. The number of nitrogens with zero attached hydrogens (tertiary/aromatic N) is 3. The Labute approximate surface area is 458 Å². The molecule has 11 aromatic carbocycles. The first-order valence-corrected chi connectivity index (χ1v) is 28.3. The zero-order valence-corrected chi connectivity index (χ0v) is 47.2. The molecule has 3 nitrogen and oxygen atoms in total. The van der Waals surface area contributed by atoms with Crippen LogP contribution in [-0.4, -0.2) is 15.8 Å². The van der Waals surface area contributed by atoms with E-state index in [4.69, 9.17) is 0 Å². The van der Waals surface area contributed by atoms with Gasteiger partial charge in [0.2, 0.25) is 0 Å². The van der Waals surface area contributed by atoms with Gasteiger partial charge in [0.15, 0.2) is 0 Å². The maximum Gasteiger partial charge on any atom is 0.252 e. The van der Waals surface area contributed by atoms with Gasteiger partial charge in [0.25, 0.3) is 6.71 Å². The van der Waals surface area contributed by atoms with E-state index in [0.29, 0.717) is 0 Å². The van der Waals surface area contributed by atoms with E-state index in [1.165, 1.54) is 137 Å². The van der Waals surface area contributed by atoms with Crippen molar-refractivity contribution in [2.45, 2.75) is 105 Å². The van der Waals surface area contributed by atoms with E-state index in [2.05, 4.69) is 279 Å². The summed E-state index contributed by atoms with van der Waals surface area (Å²) in [7, 11) is 0. The molecule has 2 aromatic heterocycles. The Hall–Kier alpha value is -8.08. The first kappa shape index (κ1) is 47.2. The summed E-state index contributed by atoms with van der Waals surface area (Å²) in [5.74, 6) is 0. The van der Waals surface area contributed by atoms with E-state index in [1.807, 2.05) is 0 Å². The Balaban J connectivity index is 1.18. The smallest absolute Gasteiger partial charge is 0.252 e. The molecule has 78 heavy (non-hydrogen) atoms. The molecule has 0 spiro atoms. The number of anilines is 3. The summed E-state index contributed by atoms with van der Waals surface area (Å²) < 4.78 is 5.38. The van der Waals surface area contributed by atoms with Crippen molar-refractivity contribution in [3.63, 3.8) is 0 Å². The van der Waals surface area contributed by atoms with E-state index in [1.54, 1.807) is 0 Å². The van der Waals surface area contributed by atoms with E-state index in [-0.39, 0.29) is 28.4 Å². The van der Waals surface area contributed by atoms with Crippen LogP contribution in [0.3, 0.4) is 0 Å². The van der Waals surface area contributed by atoms with Crippen LogP contribution in [0.5, 0.6) is 0 Å². The van der Waals surface area contributed by atoms with Crippen molar-refractivity contribution in [3.8, 4) is 11.4 Å². The molecule has 0 saturated carbocycles. The summed E-state index contributed by atoms with van der Waals surface area (Å²) in [6.07, 6.45) is 0. The average molecular weight is 1010 g/mol. The fraction of sp³-hybridized carbons (Fsp3) is 0.216. The van der Waals surface area contributed by atoms with Gasteiger partial charge in [-0.3, -0.25) is 0 Å². The molecule has 0 atom stereocenters. The van der Waals surface area contributed by atoms with Crippen LogP contribution in [-0.2, 0) is 21.7 Å². The van der Waals surface area contributed by atoms with Crippen LogP contribution in [0.15, 0.2) is 182 Å². The van der Waals surface area contributed by atoms with Crippen molar-refractivity contribution in [2.24, 2.45) is 0 Å². The Morgan fingerprint density at radius 2 is 0.667 bits per heavy atom. The van der Waals surface area contributed by atoms with E-state index < -0.39 is 0 Å². The molecule has 13 aromatic rings. The summed E-state index contributed by atoms with van der Waals surface area (Å²) >= 11 is 0. The van der Waals surface area contributed by atoms with E-state index >= 15 is 0 Å². The highest BCUT2D eigenvalue weighted by atomic mass is 15.2. The topological polar surface area (TPSA) is 13.1 Å². The molecular formula is C74H66BN3. The normalized spacial score (nSPS) is 13.6. The molecule has 0 radical (unpaired) electrons. The van der Waals surface area contributed by atoms with Crippen molar-refractivity contribution in [1.29, 1.82) is 0 Å². The lowest BCUT2D eigenvalue weighted by Gasteiger charge is -2.36. The second-order valence-corrected chi connectivity index (χ2v) is 27.0. The predicted molar refractivity (Wildman–Crippen MR) is 339 cm³/mol. The summed E-state index contributed by atoms with van der Waals surface area (Å²) in [6, 6.07) is 71.1. The molecule has 2 aliphatic heterocycles. The van der Waals surface area contributed by atoms with Crippen molar-refractivity contribution in [1.82, 2.24) is 9.13 Å². The fourth-order valence-electron chi connectivity index (χ4n) is 13.9. The third-order valence-electron chi connectivity index (χ3n) is 18.0. The summed E-state index contributed by atoms with van der Waals surface area (Å²) in [6.45, 7) is 28.0. The largest absolute Gasteiger partial charge is 0.310 e. The molecule has 0 saturated heterocycles. The number of hydrogen-bond acceptors (Lipinski definition) is 1. The van der Waals surface area contributed by atoms with Crippen molar-refractivity contribution in [2.75, 3.05) is 4.90 Å². The van der Waals surface area contributed by atoms with Gasteiger partial charge in [0.1, 0.15) is 0 Å². The lowest BCUT2D eigenvalue weighted by Crippen LogP contribution is -2.59. The number of aromatic nitrogens is 2. The van der Waals surface area contributed by atoms with Gasteiger partial charge in [-0.15, -0.1) is 0 Å². The van der Waals surface area contributed by atoms with Gasteiger partial charge < -0.3 is 14.0 Å². The van der Waals surface area contributed by atoms with Gasteiger partial charge in [0, 0.05) is 44.3 Å². The van der Waals surface area contributed by atoms with Gasteiger partial charge >= 0.3 is 0 Å². The SMILES string of the molecule is CC(C)(C)c1ccc2c(ccc3c2c2c4ccc(C(C)(C)C)cc4cc4c2n3-c2cc(N(c3ccccc3)c3ccccc3)cc3c2B4c2cc4cc(C(C)(C)C)ccc4c4c5c6ccc(C(C)(C)C)cc6ccc5n-3c24)c1. The third kappa shape index (κ3) is 6.65. The average Bonchev–Trinajstić information content (AvgIpc) is 2.50. The van der Waals surface area contributed by atoms with Crippen LogP contribution in [0.25, 0.3) is 98.1 Å². The predicted octanol–water partition coefficient (Wildman–Crippen LogP) is 18.3. The molecule has 0 fully saturated rings. The highest BCUT2D eigenvalue weighted by Crippen LogP contribution is 2.49. The zero-order chi connectivity index (χ0) is 53.7. The van der Waals surface area contributed by atoms with Gasteiger partial charge in [-0.2, -0.15) is 0 Å². The number of benzene rings is 11. The van der Waals surface area contributed by atoms with Gasteiger partial charge in [-0.25, -0.2) is 0 Å². The van der Waals surface area contributed by atoms with Gasteiger partial charge in [-0.05, 0) is 152 Å². The number of fused-ring (bicyclic) bond motifs is 18. The highest BCUT2D eigenvalue weighted by Gasteiger charge is 2.43. The van der Waals surface area contributed by atoms with Crippen LogP contribution >= 0.6 is 0 Å². The number of para-hydroxylation sites is 2. The standard InChI is InChI=1S/C74H66BN3/c1-71(2,3)47-25-29-54-43(35-47)23-33-60-64(54)66-56-31-27-49(73(7,8)9)37-45(56)39-58-69(66)77(60)62-41-53(76(51-19-15-13-16-20-51)52-21-17-14-18-22-52)42-63-68(62)75(58)59-40-46-38-50(74(10,11)12)28-32-57(46)67-65-55-30-26-48(72(4,5)6)36-44(55)24-34-61(65)78(63)70(59)67/h13-42H,1-12H3. The minimum Gasteiger partial charge on any atom is -0.310 e. The molecule has 15 rings (SSSR count). The molecule has 0 amide bonds. The summed E-state index contributed by atoms with van der Waals surface area (Å²) in [5.41, 5.74) is 20.4. The maximum atomic E-state index is 2.69. The molecular weight excluding hydrogens is 942 g/mol. The van der Waals surface area contributed by atoms with Gasteiger partial charge in [0.05, 0.1) is 27.8 Å². The Morgan fingerprint density at radius 3 is 1.03 bits per heavy atom. The van der Waals surface area contributed by atoms with Gasteiger partial charge in [-0.1, -0.05) is 217 Å².